The summed E-state index contributed by atoms with van der Waals surface area (Å²) in [5.74, 6) is 1.67. The highest BCUT2D eigenvalue weighted by Crippen LogP contribution is 2.33. The summed E-state index contributed by atoms with van der Waals surface area (Å²) in [6.07, 6.45) is 20.8. The van der Waals surface area contributed by atoms with Gasteiger partial charge in [-0.25, -0.2) is 4.79 Å². The van der Waals surface area contributed by atoms with Gasteiger partial charge >= 0.3 is 5.97 Å². The van der Waals surface area contributed by atoms with E-state index < -0.39 is 0 Å². The van der Waals surface area contributed by atoms with Crippen molar-refractivity contribution in [3.05, 3.63) is 65.8 Å². The fourth-order valence-electron chi connectivity index (χ4n) is 4.96. The Morgan fingerprint density at radius 1 is 1.05 bits per heavy atom. The zero-order valence-corrected chi connectivity index (χ0v) is 25.4. The quantitative estimate of drug-likeness (QED) is 0.0864. The monoisotopic (exact) mass is 554 g/mol. The van der Waals surface area contributed by atoms with Crippen LogP contribution in [-0.2, 0) is 25.5 Å². The van der Waals surface area contributed by atoms with E-state index in [9.17, 15) is 9.59 Å². The molecule has 0 aliphatic heterocycles. The zero-order chi connectivity index (χ0) is 29.6. The molecule has 224 valence electrons. The van der Waals surface area contributed by atoms with Crippen molar-refractivity contribution in [2.45, 2.75) is 90.9 Å². The lowest BCUT2D eigenvalue weighted by Crippen LogP contribution is -2.18. The van der Waals surface area contributed by atoms with E-state index in [4.69, 9.17) is 14.6 Å². The van der Waals surface area contributed by atoms with E-state index in [0.29, 0.717) is 25.1 Å². The summed E-state index contributed by atoms with van der Waals surface area (Å²) in [5, 5.41) is 8.00. The van der Waals surface area contributed by atoms with Gasteiger partial charge in [0.15, 0.2) is 0 Å². The van der Waals surface area contributed by atoms with Crippen molar-refractivity contribution in [1.29, 1.82) is 0 Å². The summed E-state index contributed by atoms with van der Waals surface area (Å²) in [6, 6.07) is 9.05. The second kappa shape index (κ2) is 22.2. The maximum atomic E-state index is 11.6. The van der Waals surface area contributed by atoms with Crippen molar-refractivity contribution < 1.29 is 24.2 Å². The second-order valence-corrected chi connectivity index (χ2v) is 11.3. The van der Waals surface area contributed by atoms with E-state index in [-0.39, 0.29) is 24.1 Å². The lowest BCUT2D eigenvalue weighted by molar-refractivity contribution is -0.140. The van der Waals surface area contributed by atoms with Crippen molar-refractivity contribution in [2.24, 2.45) is 17.8 Å². The van der Waals surface area contributed by atoms with Crippen molar-refractivity contribution in [2.75, 3.05) is 26.9 Å². The zero-order valence-electron chi connectivity index (χ0n) is 25.4. The molecule has 5 nitrogen and oxygen atoms in total. The SMILES string of the molecule is C=C(C)C(=O)OCC(CCCCc1ccc(/C=C/C2CCC(CCCCC)CC2)cc1)COC.C=C(C=O)CO. The van der Waals surface area contributed by atoms with Gasteiger partial charge in [-0.15, -0.1) is 0 Å². The van der Waals surface area contributed by atoms with Crippen LogP contribution < -0.4 is 0 Å². The highest BCUT2D eigenvalue weighted by molar-refractivity contribution is 5.86. The number of aldehydes is 1. The lowest BCUT2D eigenvalue weighted by atomic mass is 9.79. The minimum atomic E-state index is -0.315. The first kappa shape index (κ1) is 35.5. The predicted octanol–water partition coefficient (Wildman–Crippen LogP) is 7.92. The van der Waals surface area contributed by atoms with Gasteiger partial charge in [-0.2, -0.15) is 0 Å². The summed E-state index contributed by atoms with van der Waals surface area (Å²) in [4.78, 5) is 21.1. The van der Waals surface area contributed by atoms with E-state index in [0.717, 1.165) is 37.5 Å². The van der Waals surface area contributed by atoms with E-state index in [1.54, 1.807) is 14.0 Å². The summed E-state index contributed by atoms with van der Waals surface area (Å²) >= 11 is 0. The molecule has 1 unspecified atom stereocenters. The van der Waals surface area contributed by atoms with Gasteiger partial charge in [0.2, 0.25) is 0 Å². The molecule has 0 aromatic heterocycles. The molecule has 1 N–H and O–H groups in total. The maximum absolute atomic E-state index is 11.6. The fourth-order valence-corrected chi connectivity index (χ4v) is 4.96. The van der Waals surface area contributed by atoms with Gasteiger partial charge in [0.1, 0.15) is 6.29 Å². The smallest absolute Gasteiger partial charge is 0.333 e. The number of benzene rings is 1. The number of aryl methyl sites for hydroxylation is 1. The third-order valence-corrected chi connectivity index (χ3v) is 7.55. The number of rotatable bonds is 18. The Balaban J connectivity index is 0.00000120. The molecule has 0 heterocycles. The molecule has 1 aromatic carbocycles. The third-order valence-electron chi connectivity index (χ3n) is 7.55. The third kappa shape index (κ3) is 16.6. The Morgan fingerprint density at radius 2 is 1.75 bits per heavy atom. The normalized spacial score (nSPS) is 17.5. The molecule has 40 heavy (non-hydrogen) atoms. The van der Waals surface area contributed by atoms with Crippen LogP contribution in [0.2, 0.25) is 0 Å². The van der Waals surface area contributed by atoms with Crippen LogP contribution in [0.25, 0.3) is 6.08 Å². The largest absolute Gasteiger partial charge is 0.462 e. The van der Waals surface area contributed by atoms with Gasteiger partial charge in [-0.1, -0.05) is 88.6 Å². The molecule has 1 atom stereocenters. The molecule has 0 saturated heterocycles. The molecule has 1 fully saturated rings. The van der Waals surface area contributed by atoms with Crippen molar-refractivity contribution in [3.8, 4) is 0 Å². The summed E-state index contributed by atoms with van der Waals surface area (Å²) in [6.45, 7) is 11.6. The van der Waals surface area contributed by atoms with Crippen LogP contribution in [0.3, 0.4) is 0 Å². The predicted molar refractivity (Wildman–Crippen MR) is 166 cm³/mol. The van der Waals surface area contributed by atoms with Crippen LogP contribution in [-0.4, -0.2) is 44.3 Å². The second-order valence-electron chi connectivity index (χ2n) is 11.3. The number of carbonyl (C=O) groups excluding carboxylic acids is 2. The minimum Gasteiger partial charge on any atom is -0.462 e. The maximum Gasteiger partial charge on any atom is 0.333 e. The first-order chi connectivity index (χ1) is 19.3. The van der Waals surface area contributed by atoms with Crippen molar-refractivity contribution in [1.82, 2.24) is 0 Å². The fraction of sp³-hybridized carbons (Fsp3) is 0.600. The molecule has 0 amide bonds. The van der Waals surface area contributed by atoms with E-state index in [1.807, 2.05) is 0 Å². The Labute approximate surface area is 243 Å². The minimum absolute atomic E-state index is 0.218. The van der Waals surface area contributed by atoms with Gasteiger partial charge in [0.05, 0.1) is 19.8 Å². The van der Waals surface area contributed by atoms with Crippen molar-refractivity contribution >= 4 is 18.3 Å². The number of esters is 1. The molecule has 0 spiro atoms. The molecule has 0 bridgehead atoms. The Hall–Kier alpha value is -2.50. The average Bonchev–Trinajstić information content (AvgIpc) is 2.98. The number of hydrogen-bond donors (Lipinski definition) is 1. The first-order valence-corrected chi connectivity index (χ1v) is 15.1. The molecule has 2 rings (SSSR count). The topological polar surface area (TPSA) is 72.8 Å². The number of aliphatic hydroxyl groups is 1. The van der Waals surface area contributed by atoms with Crippen LogP contribution >= 0.6 is 0 Å². The van der Waals surface area contributed by atoms with Crippen LogP contribution in [0.1, 0.15) is 95.6 Å². The molecule has 1 aliphatic carbocycles. The molecule has 1 aliphatic rings. The molecular formula is C35H54O5. The number of hydrogen-bond acceptors (Lipinski definition) is 5. The van der Waals surface area contributed by atoms with Crippen LogP contribution in [0.5, 0.6) is 0 Å². The highest BCUT2D eigenvalue weighted by atomic mass is 16.5. The van der Waals surface area contributed by atoms with E-state index in [2.05, 4.69) is 56.5 Å². The van der Waals surface area contributed by atoms with Crippen LogP contribution in [0.4, 0.5) is 0 Å². The van der Waals surface area contributed by atoms with Gasteiger partial charge in [-0.3, -0.25) is 4.79 Å². The number of unbranched alkanes of at least 4 members (excludes halogenated alkanes) is 3. The Kier molecular flexibility index (Phi) is 19.7. The number of methoxy groups -OCH3 is 1. The van der Waals surface area contributed by atoms with E-state index >= 15 is 0 Å². The summed E-state index contributed by atoms with van der Waals surface area (Å²) in [5.41, 5.74) is 3.37. The standard InChI is InChI=1S/C31H48O3.C4H6O2/c1-5-6-7-10-26-13-17-28(18-14-26)21-22-29-19-15-27(16-20-29)11-8-9-12-30(23-33-4)24-34-31(32)25(2)3;1-4(2-5)3-6/h15-16,19-22,26,28,30H,2,5-14,17-18,23-24H2,1,3-4H3;2,6H,1,3H2/b22-21+;. The van der Waals surface area contributed by atoms with Crippen LogP contribution in [0.15, 0.2) is 54.6 Å². The van der Waals surface area contributed by atoms with Gasteiger partial charge < -0.3 is 14.6 Å². The molecule has 5 heteroatoms. The Morgan fingerprint density at radius 3 is 2.30 bits per heavy atom. The number of aliphatic hydroxyl groups excluding tert-OH is 1. The summed E-state index contributed by atoms with van der Waals surface area (Å²) < 4.78 is 10.6. The Bertz CT molecular complexity index is 878. The van der Waals surface area contributed by atoms with E-state index in [1.165, 1.54) is 62.5 Å². The lowest BCUT2D eigenvalue weighted by Gasteiger charge is -2.26. The highest BCUT2D eigenvalue weighted by Gasteiger charge is 2.19. The molecular weight excluding hydrogens is 500 g/mol. The average molecular weight is 555 g/mol. The number of allylic oxidation sites excluding steroid dienone is 1. The molecule has 0 radical (unpaired) electrons. The van der Waals surface area contributed by atoms with Gasteiger partial charge in [-0.05, 0) is 74.8 Å². The van der Waals surface area contributed by atoms with Crippen LogP contribution in [0, 0.1) is 17.8 Å². The van der Waals surface area contributed by atoms with Gasteiger partial charge in [0.25, 0.3) is 0 Å². The number of carbonyl (C=O) groups is 2. The molecule has 1 aromatic rings. The first-order valence-electron chi connectivity index (χ1n) is 15.1. The molecule has 1 saturated carbocycles. The number of ether oxygens (including phenoxy) is 2. The van der Waals surface area contributed by atoms with Crippen molar-refractivity contribution in [3.63, 3.8) is 0 Å². The van der Waals surface area contributed by atoms with Gasteiger partial charge in [0, 0.05) is 24.2 Å². The summed E-state index contributed by atoms with van der Waals surface area (Å²) in [7, 11) is 1.70.